The van der Waals surface area contributed by atoms with Crippen molar-refractivity contribution in [3.05, 3.63) is 46.0 Å². The topological polar surface area (TPSA) is 87.9 Å². The Labute approximate surface area is 157 Å². The minimum absolute atomic E-state index is 0.208. The first-order valence-electron chi connectivity index (χ1n) is 8.77. The first kappa shape index (κ1) is 28.6. The van der Waals surface area contributed by atoms with Crippen molar-refractivity contribution in [1.82, 2.24) is 0 Å². The van der Waals surface area contributed by atoms with Crippen LogP contribution in [0.25, 0.3) is 0 Å². The lowest BCUT2D eigenvalue weighted by molar-refractivity contribution is -0.768. The van der Waals surface area contributed by atoms with E-state index >= 15 is 0 Å². The van der Waals surface area contributed by atoms with E-state index in [1.807, 2.05) is 44.2 Å². The molecule has 0 bridgehead atoms. The van der Waals surface area contributed by atoms with Gasteiger partial charge in [0.15, 0.2) is 0 Å². The average molecular weight is 373 g/mol. The minimum Gasteiger partial charge on any atom is -0.471 e. The molecular formula is C19H35NO6. The van der Waals surface area contributed by atoms with Crippen LogP contribution in [-0.2, 0) is 25.7 Å². The fraction of sp³-hybridized carbons (Fsp3) is 0.632. The van der Waals surface area contributed by atoms with Crippen molar-refractivity contribution < 1.29 is 24.2 Å². The maximum atomic E-state index is 9.83. The van der Waals surface area contributed by atoms with E-state index in [1.165, 1.54) is 19.1 Å². The lowest BCUT2D eigenvalue weighted by atomic mass is 10.2. The molecule has 0 amide bonds. The van der Waals surface area contributed by atoms with Crippen molar-refractivity contribution in [2.24, 2.45) is 0 Å². The van der Waals surface area contributed by atoms with Gasteiger partial charge in [-0.15, -0.1) is 10.1 Å². The van der Waals surface area contributed by atoms with E-state index in [9.17, 15) is 10.1 Å². The summed E-state index contributed by atoms with van der Waals surface area (Å²) in [5.74, 6) is 0. The van der Waals surface area contributed by atoms with Crippen LogP contribution < -0.4 is 0 Å². The predicted octanol–water partition coefficient (Wildman–Crippen LogP) is 4.81. The number of rotatable bonds is 8. The van der Waals surface area contributed by atoms with Crippen LogP contribution in [0.4, 0.5) is 0 Å². The van der Waals surface area contributed by atoms with E-state index < -0.39 is 5.09 Å². The molecule has 152 valence electrons. The van der Waals surface area contributed by atoms with Gasteiger partial charge in [-0.25, -0.2) is 0 Å². The largest absolute Gasteiger partial charge is 0.471 e. The van der Waals surface area contributed by atoms with Gasteiger partial charge in [-0.3, -0.25) is 4.79 Å². The molecule has 1 aromatic carbocycles. The maximum Gasteiger partial charge on any atom is 0.294 e. The Morgan fingerprint density at radius 1 is 1.12 bits per heavy atom. The number of hydrogen-bond acceptors (Lipinski definition) is 6. The predicted molar refractivity (Wildman–Crippen MR) is 103 cm³/mol. The smallest absolute Gasteiger partial charge is 0.294 e. The first-order valence-corrected chi connectivity index (χ1v) is 8.77. The second kappa shape index (κ2) is 25.1. The molecule has 0 aliphatic rings. The third-order valence-electron chi connectivity index (χ3n) is 2.55. The van der Waals surface area contributed by atoms with Crippen molar-refractivity contribution in [3.63, 3.8) is 0 Å². The molecule has 0 saturated heterocycles. The summed E-state index contributed by atoms with van der Waals surface area (Å²) in [5, 5.41) is 9.11. The normalized spacial score (nSPS) is 9.62. The highest BCUT2D eigenvalue weighted by Crippen LogP contribution is 2.05. The second-order valence-corrected chi connectivity index (χ2v) is 5.11. The molecular weight excluding hydrogens is 338 g/mol. The highest BCUT2D eigenvalue weighted by Gasteiger charge is 2.08. The van der Waals surface area contributed by atoms with Crippen LogP contribution in [0.1, 0.15) is 58.9 Å². The minimum atomic E-state index is -0.718. The first-order chi connectivity index (χ1) is 12.5. The van der Waals surface area contributed by atoms with Gasteiger partial charge in [0.05, 0.1) is 13.7 Å². The molecule has 0 fully saturated rings. The number of nitrogens with zero attached hydrogens (tertiary/aromatic N) is 1. The van der Waals surface area contributed by atoms with Crippen molar-refractivity contribution in [2.75, 3.05) is 14.2 Å². The van der Waals surface area contributed by atoms with E-state index in [1.54, 1.807) is 7.11 Å². The van der Waals surface area contributed by atoms with Crippen LogP contribution in [0.15, 0.2) is 30.3 Å². The van der Waals surface area contributed by atoms with E-state index in [0.717, 1.165) is 12.8 Å². The number of ether oxygens (including phenoxy) is 2. The number of methoxy groups -OCH3 is 2. The zero-order valence-corrected chi connectivity index (χ0v) is 17.0. The lowest BCUT2D eigenvalue weighted by Crippen LogP contribution is -2.15. The van der Waals surface area contributed by atoms with E-state index in [-0.39, 0.29) is 6.10 Å². The summed E-state index contributed by atoms with van der Waals surface area (Å²) < 4.78 is 8.79. The van der Waals surface area contributed by atoms with Gasteiger partial charge in [0.2, 0.25) is 0 Å². The van der Waals surface area contributed by atoms with Crippen molar-refractivity contribution in [3.8, 4) is 0 Å². The van der Waals surface area contributed by atoms with E-state index in [4.69, 9.17) is 9.53 Å². The fourth-order valence-corrected chi connectivity index (χ4v) is 1.52. The van der Waals surface area contributed by atoms with Crippen LogP contribution in [-0.4, -0.2) is 31.9 Å². The van der Waals surface area contributed by atoms with Crippen molar-refractivity contribution in [1.29, 1.82) is 0 Å². The lowest BCUT2D eigenvalue weighted by Gasteiger charge is -2.09. The quantitative estimate of drug-likeness (QED) is 0.369. The van der Waals surface area contributed by atoms with Crippen LogP contribution >= 0.6 is 0 Å². The maximum absolute atomic E-state index is 9.83. The summed E-state index contributed by atoms with van der Waals surface area (Å²) in [6.45, 7) is 9.19. The number of carbonyl (C=O) groups excluding carboxylic acids is 1. The highest BCUT2D eigenvalue weighted by atomic mass is 17.0. The summed E-state index contributed by atoms with van der Waals surface area (Å²) >= 11 is 0. The summed E-state index contributed by atoms with van der Waals surface area (Å²) in [4.78, 5) is 23.1. The molecule has 0 heterocycles. The average Bonchev–Trinajstić information content (AvgIpc) is 2.63. The van der Waals surface area contributed by atoms with Gasteiger partial charge in [-0.1, -0.05) is 70.9 Å². The monoisotopic (exact) mass is 373 g/mol. The molecule has 0 aromatic heterocycles. The molecule has 7 nitrogen and oxygen atoms in total. The van der Waals surface area contributed by atoms with Gasteiger partial charge in [-0.2, -0.15) is 0 Å². The Balaban J connectivity index is -0.000000303. The molecule has 0 radical (unpaired) electrons. The van der Waals surface area contributed by atoms with Gasteiger partial charge in [-0.05, 0) is 18.4 Å². The van der Waals surface area contributed by atoms with Gasteiger partial charge >= 0.3 is 0 Å². The molecule has 1 atom stereocenters. The van der Waals surface area contributed by atoms with Crippen LogP contribution in [0.3, 0.4) is 0 Å². The summed E-state index contributed by atoms with van der Waals surface area (Å²) in [6, 6.07) is 10.1. The molecule has 26 heavy (non-hydrogen) atoms. The summed E-state index contributed by atoms with van der Waals surface area (Å²) in [6.07, 6.45) is 3.43. The fourth-order valence-electron chi connectivity index (χ4n) is 1.52. The molecule has 7 heteroatoms. The Morgan fingerprint density at radius 3 is 1.92 bits per heavy atom. The molecule has 1 aromatic rings. The SMILES string of the molecule is CCC.CCCC(CC)O[N+](=O)[O-].COC=O.COCc1ccccc1. The zero-order chi connectivity index (χ0) is 20.6. The zero-order valence-electron chi connectivity index (χ0n) is 17.0. The van der Waals surface area contributed by atoms with Crippen LogP contribution in [0.2, 0.25) is 0 Å². The molecule has 1 rings (SSSR count). The van der Waals surface area contributed by atoms with Crippen LogP contribution in [0.5, 0.6) is 0 Å². The molecule has 0 saturated carbocycles. The van der Waals surface area contributed by atoms with E-state index in [2.05, 4.69) is 23.4 Å². The second-order valence-electron chi connectivity index (χ2n) is 5.11. The highest BCUT2D eigenvalue weighted by molar-refractivity contribution is 5.36. The summed E-state index contributed by atoms with van der Waals surface area (Å²) in [5.41, 5.74) is 1.22. The number of hydrogen-bond donors (Lipinski definition) is 0. The molecule has 1 unspecified atom stereocenters. The molecule has 0 spiro atoms. The Morgan fingerprint density at radius 2 is 1.62 bits per heavy atom. The van der Waals surface area contributed by atoms with Gasteiger partial charge in [0, 0.05) is 7.11 Å². The third-order valence-corrected chi connectivity index (χ3v) is 2.55. The molecule has 0 N–H and O–H groups in total. The molecule has 0 aliphatic heterocycles. The van der Waals surface area contributed by atoms with E-state index in [0.29, 0.717) is 19.5 Å². The number of carbonyl (C=O) groups is 1. The van der Waals surface area contributed by atoms with Crippen molar-refractivity contribution in [2.45, 2.75) is 66.1 Å². The van der Waals surface area contributed by atoms with Crippen LogP contribution in [0, 0.1) is 10.1 Å². The Hall–Kier alpha value is -2.15. The van der Waals surface area contributed by atoms with Gasteiger partial charge in [0.25, 0.3) is 11.6 Å². The standard InChI is InChI=1S/C8H10O.C6H13NO3.C3H8.C2H4O2/c1-9-7-8-5-3-2-4-6-8;1-3-5-6(4-2)10-7(8)9;1-3-2;1-4-2-3/h2-6H,7H2,1H3;6H,3-5H2,1-2H3;3H2,1-2H3;2H,1H3. The summed E-state index contributed by atoms with van der Waals surface area (Å²) in [7, 11) is 3.01. The van der Waals surface area contributed by atoms with Crippen molar-refractivity contribution >= 4 is 6.47 Å². The molecule has 0 aliphatic carbocycles. The Bertz CT molecular complexity index is 400. The van der Waals surface area contributed by atoms with Gasteiger partial charge < -0.3 is 14.3 Å². The Kier molecular flexibility index (Phi) is 27.6. The third kappa shape index (κ3) is 26.7. The van der Waals surface area contributed by atoms with Gasteiger partial charge in [0.1, 0.15) is 6.10 Å². The number of benzene rings is 1.